The highest BCUT2D eigenvalue weighted by Crippen LogP contribution is 2.24. The summed E-state index contributed by atoms with van der Waals surface area (Å²) in [7, 11) is 0. The van der Waals surface area contributed by atoms with Crippen molar-refractivity contribution in [2.75, 3.05) is 6.54 Å². The maximum Gasteiger partial charge on any atom is 0.189 e. The molecular formula is C11H15N3. The average Bonchev–Trinajstić information content (AvgIpc) is 2.48. The minimum atomic E-state index is -0.129. The molecule has 1 aromatic carbocycles. The number of hydrogen-bond donors (Lipinski definition) is 2. The van der Waals surface area contributed by atoms with Gasteiger partial charge in [0.2, 0.25) is 0 Å². The second-order valence-electron chi connectivity index (χ2n) is 4.03. The van der Waals surface area contributed by atoms with Crippen LogP contribution >= 0.6 is 0 Å². The van der Waals surface area contributed by atoms with Crippen LogP contribution < -0.4 is 11.1 Å². The van der Waals surface area contributed by atoms with Gasteiger partial charge in [0.25, 0.3) is 0 Å². The van der Waals surface area contributed by atoms with Gasteiger partial charge in [-0.15, -0.1) is 0 Å². The molecule has 3 nitrogen and oxygen atoms in total. The molecule has 1 aliphatic heterocycles. The van der Waals surface area contributed by atoms with Gasteiger partial charge in [-0.3, -0.25) is 4.99 Å². The first-order valence-electron chi connectivity index (χ1n) is 4.75. The summed E-state index contributed by atoms with van der Waals surface area (Å²) in [5.74, 6) is 0.536. The molecule has 0 saturated carbocycles. The van der Waals surface area contributed by atoms with Crippen molar-refractivity contribution in [3.8, 4) is 0 Å². The lowest BCUT2D eigenvalue weighted by molar-refractivity contribution is 0.479. The van der Waals surface area contributed by atoms with E-state index >= 15 is 0 Å². The van der Waals surface area contributed by atoms with Gasteiger partial charge in [0.15, 0.2) is 5.96 Å². The smallest absolute Gasteiger partial charge is 0.189 e. The molecule has 0 aromatic heterocycles. The van der Waals surface area contributed by atoms with Gasteiger partial charge in [0.05, 0.1) is 12.1 Å². The lowest BCUT2D eigenvalue weighted by atomic mass is 9.92. The minimum Gasteiger partial charge on any atom is -0.370 e. The van der Waals surface area contributed by atoms with Crippen LogP contribution in [0.2, 0.25) is 0 Å². The van der Waals surface area contributed by atoms with Gasteiger partial charge in [-0.2, -0.15) is 0 Å². The van der Waals surface area contributed by atoms with E-state index in [2.05, 4.69) is 48.4 Å². The van der Waals surface area contributed by atoms with Gasteiger partial charge in [-0.1, -0.05) is 29.8 Å². The van der Waals surface area contributed by atoms with E-state index in [1.165, 1.54) is 11.1 Å². The molecule has 1 aromatic rings. The first kappa shape index (κ1) is 9.06. The van der Waals surface area contributed by atoms with E-state index in [1.54, 1.807) is 0 Å². The molecule has 0 aliphatic carbocycles. The predicted octanol–water partition coefficient (Wildman–Crippen LogP) is 1.13. The van der Waals surface area contributed by atoms with Crippen LogP contribution in [0.1, 0.15) is 18.1 Å². The second kappa shape index (κ2) is 3.01. The van der Waals surface area contributed by atoms with E-state index in [0.717, 1.165) is 0 Å². The Hall–Kier alpha value is -1.51. The highest BCUT2D eigenvalue weighted by molar-refractivity contribution is 5.81. The van der Waals surface area contributed by atoms with Crippen LogP contribution in [0, 0.1) is 6.92 Å². The van der Waals surface area contributed by atoms with Crippen LogP contribution in [0.3, 0.4) is 0 Å². The maximum absolute atomic E-state index is 5.62. The number of guanidine groups is 1. The van der Waals surface area contributed by atoms with Crippen molar-refractivity contribution in [3.05, 3.63) is 35.4 Å². The molecule has 0 radical (unpaired) electrons. The van der Waals surface area contributed by atoms with E-state index in [4.69, 9.17) is 5.73 Å². The van der Waals surface area contributed by atoms with Crippen molar-refractivity contribution in [2.45, 2.75) is 19.4 Å². The third-order valence-electron chi connectivity index (χ3n) is 2.62. The molecule has 1 atom stereocenters. The van der Waals surface area contributed by atoms with Crippen molar-refractivity contribution < 1.29 is 0 Å². The molecule has 14 heavy (non-hydrogen) atoms. The molecule has 3 N–H and O–H groups in total. The molecule has 3 heteroatoms. The van der Waals surface area contributed by atoms with Crippen molar-refractivity contribution in [1.29, 1.82) is 0 Å². The summed E-state index contributed by atoms with van der Waals surface area (Å²) in [6.07, 6.45) is 0. The molecule has 0 bridgehead atoms. The quantitative estimate of drug-likeness (QED) is 0.695. The Kier molecular flexibility index (Phi) is 1.95. The van der Waals surface area contributed by atoms with E-state index in [9.17, 15) is 0 Å². The van der Waals surface area contributed by atoms with Crippen LogP contribution in [0.5, 0.6) is 0 Å². The Labute approximate surface area is 84.0 Å². The lowest BCUT2D eigenvalue weighted by Gasteiger charge is -2.25. The van der Waals surface area contributed by atoms with Crippen LogP contribution in [-0.2, 0) is 5.54 Å². The van der Waals surface area contributed by atoms with Gasteiger partial charge in [0, 0.05) is 0 Å². The minimum absolute atomic E-state index is 0.129. The maximum atomic E-state index is 5.62. The van der Waals surface area contributed by atoms with Crippen molar-refractivity contribution in [3.63, 3.8) is 0 Å². The summed E-state index contributed by atoms with van der Waals surface area (Å²) in [6, 6.07) is 8.42. The van der Waals surface area contributed by atoms with E-state index in [0.29, 0.717) is 12.5 Å². The zero-order chi connectivity index (χ0) is 10.2. The van der Waals surface area contributed by atoms with Crippen LogP contribution in [0.25, 0.3) is 0 Å². The Balaban J connectivity index is 2.32. The number of benzene rings is 1. The van der Waals surface area contributed by atoms with Gasteiger partial charge < -0.3 is 11.1 Å². The molecule has 74 valence electrons. The second-order valence-corrected chi connectivity index (χ2v) is 4.03. The summed E-state index contributed by atoms with van der Waals surface area (Å²) in [6.45, 7) is 4.92. The van der Waals surface area contributed by atoms with E-state index in [-0.39, 0.29) is 5.54 Å². The largest absolute Gasteiger partial charge is 0.370 e. The average molecular weight is 189 g/mol. The molecule has 2 rings (SSSR count). The summed E-state index contributed by atoms with van der Waals surface area (Å²) in [5.41, 5.74) is 7.99. The van der Waals surface area contributed by atoms with Crippen LogP contribution in [0.4, 0.5) is 0 Å². The SMILES string of the molecule is Cc1cccc(C2(C)CN=C(N)N2)c1. The summed E-state index contributed by atoms with van der Waals surface area (Å²) >= 11 is 0. The van der Waals surface area contributed by atoms with Crippen molar-refractivity contribution >= 4 is 5.96 Å². The van der Waals surface area contributed by atoms with Crippen LogP contribution in [-0.4, -0.2) is 12.5 Å². The molecule has 0 amide bonds. The number of nitrogens with two attached hydrogens (primary N) is 1. The number of nitrogens with one attached hydrogen (secondary N) is 1. The summed E-state index contributed by atoms with van der Waals surface area (Å²) in [4.78, 5) is 4.18. The summed E-state index contributed by atoms with van der Waals surface area (Å²) in [5, 5.41) is 3.20. The third-order valence-corrected chi connectivity index (χ3v) is 2.62. The Morgan fingerprint density at radius 1 is 1.50 bits per heavy atom. The number of aliphatic imine (C=N–C) groups is 1. The standard InChI is InChI=1S/C11H15N3/c1-8-4-3-5-9(6-8)11(2)7-13-10(12)14-11/h3-6H,7H2,1-2H3,(H3,12,13,14). The molecule has 0 fully saturated rings. The first-order valence-corrected chi connectivity index (χ1v) is 4.75. The normalized spacial score (nSPS) is 25.7. The van der Waals surface area contributed by atoms with Crippen molar-refractivity contribution in [2.24, 2.45) is 10.7 Å². The fraction of sp³-hybridized carbons (Fsp3) is 0.364. The predicted molar refractivity (Wildman–Crippen MR) is 58.2 cm³/mol. The number of nitrogens with zero attached hydrogens (tertiary/aromatic N) is 1. The Morgan fingerprint density at radius 3 is 2.86 bits per heavy atom. The molecular weight excluding hydrogens is 174 g/mol. The number of hydrogen-bond acceptors (Lipinski definition) is 3. The Morgan fingerprint density at radius 2 is 2.29 bits per heavy atom. The van der Waals surface area contributed by atoms with Gasteiger partial charge in [-0.25, -0.2) is 0 Å². The highest BCUT2D eigenvalue weighted by Gasteiger charge is 2.30. The number of aryl methyl sites for hydroxylation is 1. The molecule has 1 aliphatic rings. The summed E-state index contributed by atoms with van der Waals surface area (Å²) < 4.78 is 0. The lowest BCUT2D eigenvalue weighted by Crippen LogP contribution is -2.42. The van der Waals surface area contributed by atoms with Gasteiger partial charge in [0.1, 0.15) is 0 Å². The van der Waals surface area contributed by atoms with E-state index in [1.807, 2.05) is 0 Å². The fourth-order valence-corrected chi connectivity index (χ4v) is 1.76. The molecule has 1 unspecified atom stereocenters. The van der Waals surface area contributed by atoms with Gasteiger partial charge in [-0.05, 0) is 19.4 Å². The first-order chi connectivity index (χ1) is 6.60. The molecule has 0 saturated heterocycles. The zero-order valence-electron chi connectivity index (χ0n) is 8.54. The van der Waals surface area contributed by atoms with E-state index < -0.39 is 0 Å². The van der Waals surface area contributed by atoms with Crippen LogP contribution in [0.15, 0.2) is 29.3 Å². The number of rotatable bonds is 1. The monoisotopic (exact) mass is 189 g/mol. The fourth-order valence-electron chi connectivity index (χ4n) is 1.76. The van der Waals surface area contributed by atoms with Crippen molar-refractivity contribution in [1.82, 2.24) is 5.32 Å². The Bertz CT molecular complexity index is 384. The zero-order valence-corrected chi connectivity index (χ0v) is 8.54. The topological polar surface area (TPSA) is 50.4 Å². The molecule has 0 spiro atoms. The van der Waals surface area contributed by atoms with Gasteiger partial charge >= 0.3 is 0 Å². The highest BCUT2D eigenvalue weighted by atomic mass is 15.2. The third kappa shape index (κ3) is 1.45. The molecule has 1 heterocycles.